The van der Waals surface area contributed by atoms with Gasteiger partial charge in [-0.15, -0.1) is 23.7 Å². The number of thiophene rings is 1. The highest BCUT2D eigenvalue weighted by molar-refractivity contribution is 7.12. The number of hydrogen-bond donors (Lipinski definition) is 0. The van der Waals surface area contributed by atoms with E-state index in [-0.39, 0.29) is 24.1 Å². The number of fused-ring (bicyclic) bond motifs is 2. The molecule has 2 aliphatic rings. The van der Waals surface area contributed by atoms with Gasteiger partial charge < -0.3 is 14.3 Å². The van der Waals surface area contributed by atoms with Crippen LogP contribution in [0.4, 0.5) is 10.1 Å². The van der Waals surface area contributed by atoms with Gasteiger partial charge >= 0.3 is 0 Å². The molecule has 0 unspecified atom stereocenters. The van der Waals surface area contributed by atoms with Gasteiger partial charge in [-0.25, -0.2) is 4.39 Å². The summed E-state index contributed by atoms with van der Waals surface area (Å²) in [4.78, 5) is 19.5. The van der Waals surface area contributed by atoms with E-state index in [0.29, 0.717) is 17.9 Å². The minimum absolute atomic E-state index is 0. The van der Waals surface area contributed by atoms with Crippen LogP contribution in [0.15, 0.2) is 22.7 Å². The first kappa shape index (κ1) is 23.2. The van der Waals surface area contributed by atoms with E-state index in [1.54, 1.807) is 6.07 Å². The van der Waals surface area contributed by atoms with Gasteiger partial charge in [0, 0.05) is 47.1 Å². The van der Waals surface area contributed by atoms with Gasteiger partial charge in [0.15, 0.2) is 5.58 Å². The Kier molecular flexibility index (Phi) is 6.89. The van der Waals surface area contributed by atoms with E-state index < -0.39 is 0 Å². The van der Waals surface area contributed by atoms with E-state index in [1.807, 2.05) is 23.3 Å². The van der Waals surface area contributed by atoms with Crippen LogP contribution in [0.25, 0.3) is 11.0 Å². The lowest BCUT2D eigenvalue weighted by molar-refractivity contribution is -0.118. The molecule has 1 saturated heterocycles. The molecule has 0 spiro atoms. The number of aryl methyl sites for hydroxylation is 2. The number of piperidine rings is 1. The van der Waals surface area contributed by atoms with Gasteiger partial charge in [-0.05, 0) is 69.8 Å². The Morgan fingerprint density at radius 2 is 2.03 bits per heavy atom. The lowest BCUT2D eigenvalue weighted by Gasteiger charge is -2.31. The summed E-state index contributed by atoms with van der Waals surface area (Å²) in [5.74, 6) is 0.295. The van der Waals surface area contributed by atoms with Gasteiger partial charge in [-0.2, -0.15) is 0 Å². The second-order valence-electron chi connectivity index (χ2n) is 8.79. The van der Waals surface area contributed by atoms with Gasteiger partial charge in [-0.3, -0.25) is 4.79 Å². The SMILES string of the molecule is Cc1sc2c(c1CCN1CCC(c3noc4cc(F)ccc34)CC1)N(C)C(=O)CCC2.Cl. The summed E-state index contributed by atoms with van der Waals surface area (Å²) in [7, 11) is 1.93. The summed E-state index contributed by atoms with van der Waals surface area (Å²) in [6, 6.07) is 4.67. The summed E-state index contributed by atoms with van der Waals surface area (Å²) in [6.07, 6.45) is 5.64. The number of carbonyl (C=O) groups excluding carboxylic acids is 1. The highest BCUT2D eigenvalue weighted by atomic mass is 35.5. The molecule has 0 bridgehead atoms. The molecule has 1 amide bonds. The Balaban J connectivity index is 0.00000245. The molecule has 5 rings (SSSR count). The van der Waals surface area contributed by atoms with E-state index in [1.165, 1.54) is 33.1 Å². The summed E-state index contributed by atoms with van der Waals surface area (Å²) >= 11 is 1.87. The fourth-order valence-electron chi connectivity index (χ4n) is 5.10. The Morgan fingerprint density at radius 3 is 2.81 bits per heavy atom. The zero-order chi connectivity index (χ0) is 21.5. The highest BCUT2D eigenvalue weighted by Gasteiger charge is 2.28. The molecule has 2 aromatic heterocycles. The smallest absolute Gasteiger partial charge is 0.226 e. The predicted molar refractivity (Wildman–Crippen MR) is 129 cm³/mol. The fourth-order valence-corrected chi connectivity index (χ4v) is 6.40. The largest absolute Gasteiger partial charge is 0.356 e. The van der Waals surface area contributed by atoms with E-state index in [4.69, 9.17) is 4.52 Å². The monoisotopic (exact) mass is 477 g/mol. The van der Waals surface area contributed by atoms with Crippen LogP contribution >= 0.6 is 23.7 Å². The molecule has 1 fully saturated rings. The van der Waals surface area contributed by atoms with Crippen LogP contribution in [-0.4, -0.2) is 42.6 Å². The highest BCUT2D eigenvalue weighted by Crippen LogP contribution is 2.39. The Bertz CT molecular complexity index is 1120. The van der Waals surface area contributed by atoms with Gasteiger partial charge in [0.1, 0.15) is 5.82 Å². The first-order chi connectivity index (χ1) is 15.0. The van der Waals surface area contributed by atoms with Gasteiger partial charge in [0.25, 0.3) is 0 Å². The van der Waals surface area contributed by atoms with Crippen LogP contribution in [0.5, 0.6) is 0 Å². The number of rotatable bonds is 4. The molecule has 1 aromatic carbocycles. The maximum Gasteiger partial charge on any atom is 0.226 e. The molecule has 0 N–H and O–H groups in total. The molecular weight excluding hydrogens is 449 g/mol. The Labute approximate surface area is 198 Å². The van der Waals surface area contributed by atoms with E-state index >= 15 is 0 Å². The van der Waals surface area contributed by atoms with Crippen molar-refractivity contribution in [2.75, 3.05) is 31.6 Å². The fraction of sp³-hybridized carbons (Fsp3) is 0.500. The van der Waals surface area contributed by atoms with Crippen molar-refractivity contribution >= 4 is 46.3 Å². The summed E-state index contributed by atoms with van der Waals surface area (Å²) < 4.78 is 18.8. The van der Waals surface area contributed by atoms with Gasteiger partial charge in [0.05, 0.1) is 11.4 Å². The number of anilines is 1. The lowest BCUT2D eigenvalue weighted by atomic mass is 9.91. The molecular formula is C24H29ClFN3O2S. The molecule has 2 aliphatic heterocycles. The van der Waals surface area contributed by atoms with Crippen LogP contribution in [0, 0.1) is 12.7 Å². The molecule has 0 saturated carbocycles. The summed E-state index contributed by atoms with van der Waals surface area (Å²) in [5.41, 5.74) is 4.03. The van der Waals surface area contributed by atoms with Gasteiger partial charge in [-0.1, -0.05) is 5.16 Å². The molecule has 32 heavy (non-hydrogen) atoms. The van der Waals surface area contributed by atoms with Crippen molar-refractivity contribution in [3.05, 3.63) is 45.0 Å². The van der Waals surface area contributed by atoms with Crippen molar-refractivity contribution in [2.24, 2.45) is 0 Å². The second-order valence-corrected chi connectivity index (χ2v) is 10.1. The predicted octanol–water partition coefficient (Wildman–Crippen LogP) is 5.48. The Morgan fingerprint density at radius 1 is 1.25 bits per heavy atom. The molecule has 8 heteroatoms. The number of likely N-dealkylation sites (tertiary alicyclic amines) is 1. The van der Waals surface area contributed by atoms with E-state index in [0.717, 1.165) is 62.8 Å². The molecule has 3 aromatic rings. The second kappa shape index (κ2) is 9.49. The molecule has 4 heterocycles. The van der Waals surface area contributed by atoms with Crippen LogP contribution in [-0.2, 0) is 17.6 Å². The third-order valence-electron chi connectivity index (χ3n) is 6.87. The first-order valence-electron chi connectivity index (χ1n) is 11.2. The van der Waals surface area contributed by atoms with Crippen molar-refractivity contribution in [3.63, 3.8) is 0 Å². The normalized spacial score (nSPS) is 18.0. The lowest BCUT2D eigenvalue weighted by Crippen LogP contribution is -2.35. The maximum absolute atomic E-state index is 13.4. The molecule has 5 nitrogen and oxygen atoms in total. The zero-order valence-electron chi connectivity index (χ0n) is 18.5. The van der Waals surface area contributed by atoms with Crippen LogP contribution in [0.2, 0.25) is 0 Å². The first-order valence-corrected chi connectivity index (χ1v) is 12.0. The molecule has 0 aliphatic carbocycles. The minimum atomic E-state index is -0.293. The summed E-state index contributed by atoms with van der Waals surface area (Å²) in [6.45, 7) is 5.22. The quantitative estimate of drug-likeness (QED) is 0.499. The molecule has 0 atom stereocenters. The van der Waals surface area contributed by atoms with Crippen molar-refractivity contribution < 1.29 is 13.7 Å². The van der Waals surface area contributed by atoms with E-state index in [2.05, 4.69) is 17.0 Å². The van der Waals surface area contributed by atoms with Crippen molar-refractivity contribution in [1.82, 2.24) is 10.1 Å². The number of halogens is 2. The minimum Gasteiger partial charge on any atom is -0.356 e. The zero-order valence-corrected chi connectivity index (χ0v) is 20.2. The molecule has 0 radical (unpaired) electrons. The number of carbonyl (C=O) groups is 1. The standard InChI is InChI=1S/C24H28FN3O2S.ClH/c1-15-18(24-21(31-15)4-3-5-22(29)27(24)2)10-13-28-11-8-16(9-12-28)23-19-7-6-17(25)14-20(19)30-26-23;/h6-7,14,16H,3-5,8-13H2,1-2H3;1H. The van der Waals surface area contributed by atoms with Crippen molar-refractivity contribution in [2.45, 2.75) is 51.4 Å². The molecule has 172 valence electrons. The number of hydrogen-bond acceptors (Lipinski definition) is 5. The van der Waals surface area contributed by atoms with Crippen molar-refractivity contribution in [3.8, 4) is 0 Å². The third kappa shape index (κ3) is 4.30. The average Bonchev–Trinajstić information content (AvgIpc) is 3.28. The number of benzene rings is 1. The number of nitrogens with zero attached hydrogens (tertiary/aromatic N) is 3. The topological polar surface area (TPSA) is 49.6 Å². The van der Waals surface area contributed by atoms with Crippen LogP contribution in [0.1, 0.15) is 52.6 Å². The maximum atomic E-state index is 13.4. The number of amides is 1. The van der Waals surface area contributed by atoms with Crippen molar-refractivity contribution in [1.29, 1.82) is 0 Å². The average molecular weight is 478 g/mol. The summed E-state index contributed by atoms with van der Waals surface area (Å²) in [5, 5.41) is 5.19. The Hall–Kier alpha value is -1.96. The van der Waals surface area contributed by atoms with Gasteiger partial charge in [0.2, 0.25) is 5.91 Å². The van der Waals surface area contributed by atoms with E-state index in [9.17, 15) is 9.18 Å². The van der Waals surface area contributed by atoms with Crippen LogP contribution in [0.3, 0.4) is 0 Å². The number of aromatic nitrogens is 1. The van der Waals surface area contributed by atoms with Crippen LogP contribution < -0.4 is 4.90 Å². The third-order valence-corrected chi connectivity index (χ3v) is 8.07.